The van der Waals surface area contributed by atoms with Crippen LogP contribution >= 0.6 is 0 Å². The van der Waals surface area contributed by atoms with Crippen LogP contribution in [0.3, 0.4) is 0 Å². The Morgan fingerprint density at radius 2 is 2.14 bits per heavy atom. The van der Waals surface area contributed by atoms with Crippen molar-refractivity contribution in [3.63, 3.8) is 0 Å². The summed E-state index contributed by atoms with van der Waals surface area (Å²) in [4.78, 5) is 13.7. The summed E-state index contributed by atoms with van der Waals surface area (Å²) in [7, 11) is 0. The number of nitrogens with one attached hydrogen (secondary N) is 1. The fourth-order valence-electron chi connectivity index (χ4n) is 2.06. The predicted octanol–water partition coefficient (Wildman–Crippen LogP) is 1.73. The molecule has 0 aliphatic carbocycles. The van der Waals surface area contributed by atoms with E-state index in [4.69, 9.17) is 0 Å². The van der Waals surface area contributed by atoms with Gasteiger partial charge >= 0.3 is 0 Å². The Bertz CT molecular complexity index is 182. The van der Waals surface area contributed by atoms with Crippen molar-refractivity contribution < 1.29 is 4.79 Å². The molecular formula is C11H22N2O. The maximum atomic E-state index is 11.7. The van der Waals surface area contributed by atoms with Crippen molar-refractivity contribution >= 4 is 5.91 Å². The fraction of sp³-hybridized carbons (Fsp3) is 0.909. The Hall–Kier alpha value is -0.570. The lowest BCUT2D eigenvalue weighted by molar-refractivity contribution is -0.133. The lowest BCUT2D eigenvalue weighted by Gasteiger charge is -2.30. The first-order valence-corrected chi connectivity index (χ1v) is 5.82. The smallest absolute Gasteiger partial charge is 0.223 e. The standard InChI is InChI=1S/C11H22N2O/c1-3-11(14)13-9-7-5-6-8-10(13)12-4-2/h10,12H,3-9H2,1-2H3. The third-order valence-corrected chi connectivity index (χ3v) is 2.82. The highest BCUT2D eigenvalue weighted by Gasteiger charge is 2.22. The van der Waals surface area contributed by atoms with Crippen LogP contribution in [-0.2, 0) is 4.79 Å². The Balaban J connectivity index is 2.58. The molecule has 1 heterocycles. The van der Waals surface area contributed by atoms with Crippen molar-refractivity contribution in [2.45, 2.75) is 52.1 Å². The van der Waals surface area contributed by atoms with E-state index in [0.717, 1.165) is 25.9 Å². The summed E-state index contributed by atoms with van der Waals surface area (Å²) in [6, 6.07) is 0. The topological polar surface area (TPSA) is 32.3 Å². The van der Waals surface area contributed by atoms with Crippen molar-refractivity contribution in [3.8, 4) is 0 Å². The SMILES string of the molecule is CCNC1CCCCCN1C(=O)CC. The van der Waals surface area contributed by atoms with Crippen molar-refractivity contribution in [1.29, 1.82) is 0 Å². The van der Waals surface area contributed by atoms with Crippen LogP contribution in [-0.4, -0.2) is 30.1 Å². The first-order valence-electron chi connectivity index (χ1n) is 5.82. The molecular weight excluding hydrogens is 176 g/mol. The van der Waals surface area contributed by atoms with Gasteiger partial charge in [0.15, 0.2) is 0 Å². The van der Waals surface area contributed by atoms with Gasteiger partial charge < -0.3 is 4.90 Å². The Morgan fingerprint density at radius 1 is 1.36 bits per heavy atom. The van der Waals surface area contributed by atoms with E-state index < -0.39 is 0 Å². The van der Waals surface area contributed by atoms with Crippen molar-refractivity contribution in [2.75, 3.05) is 13.1 Å². The highest BCUT2D eigenvalue weighted by atomic mass is 16.2. The number of likely N-dealkylation sites (tertiary alicyclic amines) is 1. The van der Waals surface area contributed by atoms with E-state index >= 15 is 0 Å². The Kier molecular flexibility index (Phi) is 4.94. The summed E-state index contributed by atoms with van der Waals surface area (Å²) in [6.07, 6.45) is 5.69. The Labute approximate surface area is 86.9 Å². The largest absolute Gasteiger partial charge is 0.327 e. The zero-order chi connectivity index (χ0) is 10.4. The molecule has 3 nitrogen and oxygen atoms in total. The number of hydrogen-bond donors (Lipinski definition) is 1. The number of nitrogens with zero attached hydrogens (tertiary/aromatic N) is 1. The van der Waals surface area contributed by atoms with E-state index in [1.165, 1.54) is 12.8 Å². The van der Waals surface area contributed by atoms with Crippen molar-refractivity contribution in [2.24, 2.45) is 0 Å². The van der Waals surface area contributed by atoms with Gasteiger partial charge in [-0.15, -0.1) is 0 Å². The van der Waals surface area contributed by atoms with Gasteiger partial charge in [-0.25, -0.2) is 0 Å². The average molecular weight is 198 g/mol. The lowest BCUT2D eigenvalue weighted by atomic mass is 10.2. The second kappa shape index (κ2) is 6.02. The number of amides is 1. The summed E-state index contributed by atoms with van der Waals surface area (Å²) in [6.45, 7) is 5.91. The molecule has 0 bridgehead atoms. The normalized spacial score (nSPS) is 23.3. The monoisotopic (exact) mass is 198 g/mol. The molecule has 82 valence electrons. The highest BCUT2D eigenvalue weighted by Crippen LogP contribution is 2.15. The maximum absolute atomic E-state index is 11.7. The first-order chi connectivity index (χ1) is 6.79. The maximum Gasteiger partial charge on any atom is 0.223 e. The van der Waals surface area contributed by atoms with E-state index in [2.05, 4.69) is 12.2 Å². The lowest BCUT2D eigenvalue weighted by Crippen LogP contribution is -2.48. The van der Waals surface area contributed by atoms with Gasteiger partial charge in [-0.1, -0.05) is 20.3 Å². The first kappa shape index (κ1) is 11.5. The van der Waals surface area contributed by atoms with E-state index in [9.17, 15) is 4.79 Å². The van der Waals surface area contributed by atoms with Crippen molar-refractivity contribution in [3.05, 3.63) is 0 Å². The molecule has 1 rings (SSSR count). The minimum atomic E-state index is 0.287. The van der Waals surface area contributed by atoms with Gasteiger partial charge in [0.25, 0.3) is 0 Å². The van der Waals surface area contributed by atoms with Gasteiger partial charge in [0.1, 0.15) is 0 Å². The van der Waals surface area contributed by atoms with Crippen LogP contribution in [0.5, 0.6) is 0 Å². The summed E-state index contributed by atoms with van der Waals surface area (Å²) in [5, 5.41) is 3.39. The number of rotatable bonds is 3. The third kappa shape index (κ3) is 2.98. The van der Waals surface area contributed by atoms with Crippen LogP contribution in [0.1, 0.15) is 46.0 Å². The second-order valence-electron chi connectivity index (χ2n) is 3.86. The number of hydrogen-bond acceptors (Lipinski definition) is 2. The van der Waals surface area contributed by atoms with Gasteiger partial charge in [-0.3, -0.25) is 10.1 Å². The van der Waals surface area contributed by atoms with E-state index in [1.54, 1.807) is 0 Å². The van der Waals surface area contributed by atoms with Crippen LogP contribution in [0.25, 0.3) is 0 Å². The molecule has 1 saturated heterocycles. The summed E-state index contributed by atoms with van der Waals surface area (Å²) in [5.74, 6) is 0.290. The molecule has 0 aromatic heterocycles. The van der Waals surface area contributed by atoms with Gasteiger partial charge in [0, 0.05) is 13.0 Å². The number of carbonyl (C=O) groups excluding carboxylic acids is 1. The summed E-state index contributed by atoms with van der Waals surface area (Å²) >= 11 is 0. The van der Waals surface area contributed by atoms with Crippen LogP contribution in [0.15, 0.2) is 0 Å². The predicted molar refractivity (Wildman–Crippen MR) is 57.9 cm³/mol. The quantitative estimate of drug-likeness (QED) is 0.749. The van der Waals surface area contributed by atoms with Crippen LogP contribution in [0.2, 0.25) is 0 Å². The molecule has 0 aromatic rings. The van der Waals surface area contributed by atoms with Gasteiger partial charge in [-0.2, -0.15) is 0 Å². The summed E-state index contributed by atoms with van der Waals surface area (Å²) < 4.78 is 0. The molecule has 0 saturated carbocycles. The minimum Gasteiger partial charge on any atom is -0.327 e. The molecule has 0 radical (unpaired) electrons. The summed E-state index contributed by atoms with van der Waals surface area (Å²) in [5.41, 5.74) is 0. The van der Waals surface area contributed by atoms with Gasteiger partial charge in [0.2, 0.25) is 5.91 Å². The molecule has 1 unspecified atom stereocenters. The highest BCUT2D eigenvalue weighted by molar-refractivity contribution is 5.76. The fourth-order valence-corrected chi connectivity index (χ4v) is 2.06. The third-order valence-electron chi connectivity index (χ3n) is 2.82. The molecule has 1 aliphatic heterocycles. The minimum absolute atomic E-state index is 0.287. The van der Waals surface area contributed by atoms with E-state index in [-0.39, 0.29) is 12.1 Å². The second-order valence-corrected chi connectivity index (χ2v) is 3.86. The zero-order valence-corrected chi connectivity index (χ0v) is 9.38. The Morgan fingerprint density at radius 3 is 2.79 bits per heavy atom. The van der Waals surface area contributed by atoms with Gasteiger partial charge in [-0.05, 0) is 25.8 Å². The van der Waals surface area contributed by atoms with Crippen LogP contribution < -0.4 is 5.32 Å². The molecule has 0 spiro atoms. The molecule has 1 atom stereocenters. The molecule has 1 N–H and O–H groups in total. The van der Waals surface area contributed by atoms with Gasteiger partial charge in [0.05, 0.1) is 6.17 Å². The average Bonchev–Trinajstić information content (AvgIpc) is 2.43. The number of carbonyl (C=O) groups is 1. The molecule has 1 fully saturated rings. The molecule has 14 heavy (non-hydrogen) atoms. The molecule has 3 heteroatoms. The van der Waals surface area contributed by atoms with Crippen LogP contribution in [0, 0.1) is 0 Å². The molecule has 1 aliphatic rings. The molecule has 1 amide bonds. The van der Waals surface area contributed by atoms with E-state index in [1.807, 2.05) is 11.8 Å². The zero-order valence-electron chi connectivity index (χ0n) is 9.38. The van der Waals surface area contributed by atoms with E-state index in [0.29, 0.717) is 6.42 Å². The van der Waals surface area contributed by atoms with Crippen molar-refractivity contribution in [1.82, 2.24) is 10.2 Å². The molecule has 0 aromatic carbocycles. The van der Waals surface area contributed by atoms with Crippen LogP contribution in [0.4, 0.5) is 0 Å².